The number of likely N-dealkylation sites (tertiary alicyclic amines) is 1. The molecule has 3 rings (SSSR count). The largest absolute Gasteiger partial charge is 0.496 e. The smallest absolute Gasteiger partial charge is 0.227 e. The summed E-state index contributed by atoms with van der Waals surface area (Å²) < 4.78 is 11.1. The second kappa shape index (κ2) is 11.0. The highest BCUT2D eigenvalue weighted by Gasteiger charge is 2.23. The molecule has 0 aliphatic carbocycles. The van der Waals surface area contributed by atoms with Crippen molar-refractivity contribution in [2.24, 2.45) is 5.92 Å². The van der Waals surface area contributed by atoms with Gasteiger partial charge in [0.15, 0.2) is 0 Å². The molecule has 1 amide bonds. The molecule has 0 saturated carbocycles. The van der Waals surface area contributed by atoms with E-state index in [4.69, 9.17) is 9.47 Å². The third-order valence-corrected chi connectivity index (χ3v) is 5.48. The molecule has 2 aromatic rings. The van der Waals surface area contributed by atoms with E-state index in [-0.39, 0.29) is 5.91 Å². The van der Waals surface area contributed by atoms with Crippen molar-refractivity contribution in [3.63, 3.8) is 0 Å². The minimum atomic E-state index is 0.176. The summed E-state index contributed by atoms with van der Waals surface area (Å²) in [5.74, 6) is 2.41. The average Bonchev–Trinajstić information content (AvgIpc) is 2.77. The van der Waals surface area contributed by atoms with E-state index in [9.17, 15) is 4.79 Å². The van der Waals surface area contributed by atoms with E-state index < -0.39 is 0 Å². The lowest BCUT2D eigenvalue weighted by atomic mass is 10.0. The van der Waals surface area contributed by atoms with Crippen LogP contribution in [-0.4, -0.2) is 43.7 Å². The molecule has 5 heteroatoms. The lowest BCUT2D eigenvalue weighted by molar-refractivity contribution is -0.131. The summed E-state index contributed by atoms with van der Waals surface area (Å²) in [7, 11) is 1.65. The van der Waals surface area contributed by atoms with Crippen LogP contribution in [0, 0.1) is 5.92 Å². The van der Waals surface area contributed by atoms with Crippen molar-refractivity contribution < 1.29 is 14.3 Å². The molecular weight excluding hydrogens is 376 g/mol. The minimum Gasteiger partial charge on any atom is -0.496 e. The maximum Gasteiger partial charge on any atom is 0.227 e. The number of nitrogens with zero attached hydrogens (tertiary/aromatic N) is 1. The van der Waals surface area contributed by atoms with Crippen LogP contribution in [0.5, 0.6) is 11.5 Å². The number of rotatable bonds is 9. The molecule has 0 aromatic heterocycles. The van der Waals surface area contributed by atoms with Gasteiger partial charge >= 0.3 is 0 Å². The average molecular weight is 411 g/mol. The number of carbonyl (C=O) groups is 1. The van der Waals surface area contributed by atoms with Gasteiger partial charge in [0.1, 0.15) is 11.5 Å². The molecule has 1 N–H and O–H groups in total. The first-order chi connectivity index (χ1) is 14.5. The van der Waals surface area contributed by atoms with Crippen LogP contribution in [0.15, 0.2) is 48.5 Å². The van der Waals surface area contributed by atoms with Crippen molar-refractivity contribution in [3.05, 3.63) is 59.7 Å². The van der Waals surface area contributed by atoms with Crippen molar-refractivity contribution in [2.75, 3.05) is 26.8 Å². The number of ether oxygens (including phenoxy) is 2. The maximum atomic E-state index is 12.7. The van der Waals surface area contributed by atoms with Crippen molar-refractivity contribution in [1.29, 1.82) is 0 Å². The van der Waals surface area contributed by atoms with Gasteiger partial charge in [-0.2, -0.15) is 0 Å². The van der Waals surface area contributed by atoms with Crippen LogP contribution in [0.2, 0.25) is 0 Å². The number of carbonyl (C=O) groups excluding carboxylic acids is 1. The highest BCUT2D eigenvalue weighted by atomic mass is 16.5. The number of amides is 1. The van der Waals surface area contributed by atoms with Gasteiger partial charge in [0.2, 0.25) is 5.91 Å². The predicted octanol–water partition coefficient (Wildman–Crippen LogP) is 4.05. The van der Waals surface area contributed by atoms with Gasteiger partial charge in [-0.3, -0.25) is 4.79 Å². The summed E-state index contributed by atoms with van der Waals surface area (Å²) in [6.07, 6.45) is 2.35. The molecule has 0 bridgehead atoms. The molecule has 30 heavy (non-hydrogen) atoms. The molecule has 2 aromatic carbocycles. The van der Waals surface area contributed by atoms with Crippen LogP contribution in [0.4, 0.5) is 0 Å². The van der Waals surface area contributed by atoms with Crippen LogP contribution in [0.1, 0.15) is 37.8 Å². The van der Waals surface area contributed by atoms with Gasteiger partial charge in [-0.15, -0.1) is 0 Å². The van der Waals surface area contributed by atoms with Crippen LogP contribution >= 0.6 is 0 Å². The molecule has 0 atom stereocenters. The fraction of sp³-hybridized carbons (Fsp3) is 0.480. The highest BCUT2D eigenvalue weighted by molar-refractivity contribution is 5.79. The van der Waals surface area contributed by atoms with Crippen LogP contribution in [0.25, 0.3) is 0 Å². The van der Waals surface area contributed by atoms with E-state index in [1.807, 2.05) is 41.3 Å². The second-order valence-corrected chi connectivity index (χ2v) is 8.37. The third kappa shape index (κ3) is 6.49. The van der Waals surface area contributed by atoms with E-state index in [0.29, 0.717) is 18.4 Å². The Kier molecular flexibility index (Phi) is 8.14. The summed E-state index contributed by atoms with van der Waals surface area (Å²) in [6, 6.07) is 16.5. The summed E-state index contributed by atoms with van der Waals surface area (Å²) in [5.41, 5.74) is 2.20. The lowest BCUT2D eigenvalue weighted by Crippen LogP contribution is -2.45. The monoisotopic (exact) mass is 410 g/mol. The number of hydrogen-bond donors (Lipinski definition) is 1. The standard InChI is InChI=1S/C25H34N2O3/c1-19(2)18-30-23-10-8-20(9-11-23)17-26-22-12-14-27(15-13-22)25(28)16-21-6-4-5-7-24(21)29-3/h4-11,19,22,26H,12-18H2,1-3H3. The van der Waals surface area contributed by atoms with Gasteiger partial charge in [-0.25, -0.2) is 0 Å². The third-order valence-electron chi connectivity index (χ3n) is 5.48. The lowest BCUT2D eigenvalue weighted by Gasteiger charge is -2.32. The molecular formula is C25H34N2O3. The van der Waals surface area contributed by atoms with Crippen molar-refractivity contribution >= 4 is 5.91 Å². The Morgan fingerprint density at radius 3 is 2.47 bits per heavy atom. The van der Waals surface area contributed by atoms with E-state index in [0.717, 1.165) is 56.1 Å². The SMILES string of the molecule is COc1ccccc1CC(=O)N1CCC(NCc2ccc(OCC(C)C)cc2)CC1. The van der Waals surface area contributed by atoms with Crippen molar-refractivity contribution in [3.8, 4) is 11.5 Å². The Morgan fingerprint density at radius 2 is 1.80 bits per heavy atom. The van der Waals surface area contributed by atoms with Crippen LogP contribution in [-0.2, 0) is 17.8 Å². The molecule has 1 aliphatic rings. The first kappa shape index (κ1) is 22.2. The molecule has 1 fully saturated rings. The second-order valence-electron chi connectivity index (χ2n) is 8.37. The maximum absolute atomic E-state index is 12.7. The van der Waals surface area contributed by atoms with Gasteiger partial charge in [-0.05, 0) is 42.5 Å². The molecule has 0 unspecified atom stereocenters. The highest BCUT2D eigenvalue weighted by Crippen LogP contribution is 2.20. The topological polar surface area (TPSA) is 50.8 Å². The fourth-order valence-corrected chi connectivity index (χ4v) is 3.69. The Hall–Kier alpha value is -2.53. The minimum absolute atomic E-state index is 0.176. The molecule has 0 radical (unpaired) electrons. The number of para-hydroxylation sites is 1. The number of nitrogens with one attached hydrogen (secondary N) is 1. The fourth-order valence-electron chi connectivity index (χ4n) is 3.69. The Bertz CT molecular complexity index is 796. The predicted molar refractivity (Wildman–Crippen MR) is 120 cm³/mol. The van der Waals surface area contributed by atoms with Gasteiger partial charge in [0.05, 0.1) is 20.1 Å². The van der Waals surface area contributed by atoms with Crippen molar-refractivity contribution in [1.82, 2.24) is 10.2 Å². The number of piperidine rings is 1. The number of benzene rings is 2. The van der Waals surface area contributed by atoms with E-state index in [2.05, 4.69) is 31.3 Å². The summed E-state index contributed by atoms with van der Waals surface area (Å²) in [4.78, 5) is 14.7. The summed E-state index contributed by atoms with van der Waals surface area (Å²) in [6.45, 7) is 7.48. The molecule has 1 heterocycles. The molecule has 1 saturated heterocycles. The van der Waals surface area contributed by atoms with Gasteiger partial charge in [0.25, 0.3) is 0 Å². The van der Waals surface area contributed by atoms with E-state index >= 15 is 0 Å². The van der Waals surface area contributed by atoms with Gasteiger partial charge < -0.3 is 19.7 Å². The summed E-state index contributed by atoms with van der Waals surface area (Å²) in [5, 5.41) is 3.64. The Balaban J connectivity index is 1.40. The first-order valence-electron chi connectivity index (χ1n) is 10.9. The Morgan fingerprint density at radius 1 is 1.10 bits per heavy atom. The quantitative estimate of drug-likeness (QED) is 0.678. The Labute approximate surface area is 180 Å². The van der Waals surface area contributed by atoms with Gasteiger partial charge in [-0.1, -0.05) is 44.2 Å². The van der Waals surface area contributed by atoms with Gasteiger partial charge in [0, 0.05) is 31.2 Å². The van der Waals surface area contributed by atoms with Crippen LogP contribution < -0.4 is 14.8 Å². The zero-order chi connectivity index (χ0) is 21.3. The molecule has 1 aliphatic heterocycles. The number of hydrogen-bond acceptors (Lipinski definition) is 4. The number of methoxy groups -OCH3 is 1. The zero-order valence-corrected chi connectivity index (χ0v) is 18.4. The normalized spacial score (nSPS) is 14.7. The molecule has 5 nitrogen and oxygen atoms in total. The summed E-state index contributed by atoms with van der Waals surface area (Å²) >= 11 is 0. The molecule has 162 valence electrons. The van der Waals surface area contributed by atoms with E-state index in [1.54, 1.807) is 7.11 Å². The van der Waals surface area contributed by atoms with E-state index in [1.165, 1.54) is 5.56 Å². The van der Waals surface area contributed by atoms with Crippen molar-refractivity contribution in [2.45, 2.75) is 45.7 Å². The first-order valence-corrected chi connectivity index (χ1v) is 10.9. The molecule has 0 spiro atoms. The zero-order valence-electron chi connectivity index (χ0n) is 18.4. The van der Waals surface area contributed by atoms with Crippen LogP contribution in [0.3, 0.4) is 0 Å².